The molecule has 0 aromatic heterocycles. The van der Waals surface area contributed by atoms with Gasteiger partial charge < -0.3 is 21.3 Å². The van der Waals surface area contributed by atoms with E-state index in [0.717, 1.165) is 124 Å². The van der Waals surface area contributed by atoms with Gasteiger partial charge in [0.1, 0.15) is 0 Å². The third kappa shape index (κ3) is 18.1. The van der Waals surface area contributed by atoms with E-state index in [1.807, 2.05) is 104 Å². The molecule has 0 spiro atoms. The molecule has 12 rings (SSSR count). The highest BCUT2D eigenvalue weighted by atomic mass is 16.2. The first-order chi connectivity index (χ1) is 45.1. The van der Waals surface area contributed by atoms with E-state index in [2.05, 4.69) is 155 Å². The second-order valence-electron chi connectivity index (χ2n) is 30.1. The maximum Gasteiger partial charge on any atom is 0.227 e. The van der Waals surface area contributed by atoms with Gasteiger partial charge in [-0.1, -0.05) is 232 Å². The van der Waals surface area contributed by atoms with Gasteiger partial charge in [0.2, 0.25) is 23.6 Å². The molecule has 96 heavy (non-hydrogen) atoms. The van der Waals surface area contributed by atoms with Crippen LogP contribution in [0.1, 0.15) is 276 Å². The van der Waals surface area contributed by atoms with Crippen LogP contribution in [0.4, 0.5) is 0 Å². The van der Waals surface area contributed by atoms with Crippen molar-refractivity contribution in [2.45, 2.75) is 237 Å². The fourth-order valence-corrected chi connectivity index (χ4v) is 14.4. The normalized spacial score (nSPS) is 23.3. The lowest BCUT2D eigenvalue weighted by molar-refractivity contribution is -0.127. The van der Waals surface area contributed by atoms with Crippen LogP contribution in [0.5, 0.6) is 0 Å². The van der Waals surface area contributed by atoms with Crippen molar-refractivity contribution >= 4 is 46.8 Å². The minimum Gasteiger partial charge on any atom is -0.330 e. The molecule has 520 valence electrons. The van der Waals surface area contributed by atoms with Gasteiger partial charge in [0.15, 0.2) is 23.1 Å². The van der Waals surface area contributed by atoms with Gasteiger partial charge in [-0.2, -0.15) is 0 Å². The molecule has 0 radical (unpaired) electrons. The van der Waals surface area contributed by atoms with Crippen molar-refractivity contribution < 1.29 is 38.4 Å². The number of hydrogen-bond acceptors (Lipinski definition) is 8. The Bertz CT molecular complexity index is 3530. The second kappa shape index (κ2) is 33.1. The maximum atomic E-state index is 13.0. The second-order valence-corrected chi connectivity index (χ2v) is 30.1. The van der Waals surface area contributed by atoms with Gasteiger partial charge in [0.05, 0.1) is 0 Å². The summed E-state index contributed by atoms with van der Waals surface area (Å²) in [6.07, 6.45) is 8.70. The van der Waals surface area contributed by atoms with Crippen LogP contribution < -0.4 is 21.3 Å². The number of benzene rings is 4. The first kappa shape index (κ1) is 79.1. The molecule has 12 nitrogen and oxygen atoms in total. The molecule has 12 heteroatoms. The highest BCUT2D eigenvalue weighted by Crippen LogP contribution is 2.44. The summed E-state index contributed by atoms with van der Waals surface area (Å²) in [5.41, 5.74) is 15.5. The number of amides is 4. The quantitative estimate of drug-likeness (QED) is 0.156. The zero-order valence-electron chi connectivity index (χ0n) is 62.1. The van der Waals surface area contributed by atoms with Crippen LogP contribution in [0.25, 0.3) is 0 Å². The Hall–Kier alpha value is -7.60. The molecule has 8 unspecified atom stereocenters. The molecule has 8 aliphatic rings. The van der Waals surface area contributed by atoms with Gasteiger partial charge >= 0.3 is 0 Å². The Morgan fingerprint density at radius 1 is 0.323 bits per heavy atom. The average Bonchev–Trinajstić information content (AvgIpc) is 1.63. The molecule has 4 saturated heterocycles. The maximum absolute atomic E-state index is 13.0. The summed E-state index contributed by atoms with van der Waals surface area (Å²) in [4.78, 5) is 100. The van der Waals surface area contributed by atoms with E-state index in [4.69, 9.17) is 0 Å². The summed E-state index contributed by atoms with van der Waals surface area (Å²) in [5.74, 6) is -1.37. The van der Waals surface area contributed by atoms with E-state index in [9.17, 15) is 38.4 Å². The largest absolute Gasteiger partial charge is 0.330 e. The number of ketones is 4. The van der Waals surface area contributed by atoms with E-state index in [0.29, 0.717) is 25.7 Å². The summed E-state index contributed by atoms with van der Waals surface area (Å²) in [6, 6.07) is 24.4. The Labute approximate surface area is 576 Å². The fraction of sp³-hybridized carbons (Fsp3) is 0.524. The molecule has 4 aromatic carbocycles. The van der Waals surface area contributed by atoms with Crippen LogP contribution in [0, 0.1) is 47.3 Å². The van der Waals surface area contributed by atoms with Gasteiger partial charge in [-0.3, -0.25) is 38.4 Å². The lowest BCUT2D eigenvalue weighted by atomic mass is 9.80. The molecule has 0 bridgehead atoms. The number of rotatable bonds is 4. The smallest absolute Gasteiger partial charge is 0.227 e. The number of carbonyl (C=O) groups excluding carboxylic acids is 8. The summed E-state index contributed by atoms with van der Waals surface area (Å²) < 4.78 is 0. The highest BCUT2D eigenvalue weighted by molar-refractivity contribution is 6.08. The number of carbonyl (C=O) groups is 8. The number of hydrogen-bond donors (Lipinski definition) is 4. The molecule has 0 saturated carbocycles. The van der Waals surface area contributed by atoms with Gasteiger partial charge in [0.25, 0.3) is 0 Å². The number of piperidine rings is 4. The van der Waals surface area contributed by atoms with Crippen molar-refractivity contribution in [1.82, 2.24) is 21.3 Å². The van der Waals surface area contributed by atoms with Gasteiger partial charge in [-0.25, -0.2) is 0 Å². The predicted molar refractivity (Wildman–Crippen MR) is 392 cm³/mol. The third-order valence-corrected chi connectivity index (χ3v) is 19.5. The van der Waals surface area contributed by atoms with Crippen LogP contribution in [-0.2, 0) is 66.5 Å². The average molecular weight is 1310 g/mol. The SMILES string of the molecule is C=C1CCC(C2Cc3c(cccc3C(C)(C)C)C2=O)C(=O)N1.C=C1CCC(C2Cc3cc(C(C)(C)C)ccc3C2=O)C(=O)N1.C=C1CCC(C2Cc3ccc(C(C)(C)C)cc3C2=O)C(=O)N1.C=C1CCC(C2Cc3cccc(C(C)(C)C)c3C2=O)C(=O)N1.CC.CC.CC.CC. The zero-order valence-corrected chi connectivity index (χ0v) is 62.1. The molecule has 4 amide bonds. The third-order valence-electron chi connectivity index (χ3n) is 19.5. The van der Waals surface area contributed by atoms with Gasteiger partial charge in [-0.15, -0.1) is 0 Å². The predicted octanol–water partition coefficient (Wildman–Crippen LogP) is 17.6. The molecule has 4 N–H and O–H groups in total. The first-order valence-electron chi connectivity index (χ1n) is 35.7. The molecular weight excluding hydrogens is 1190 g/mol. The molecule has 4 aromatic rings. The van der Waals surface area contributed by atoms with Crippen LogP contribution >= 0.6 is 0 Å². The minimum atomic E-state index is -0.224. The van der Waals surface area contributed by atoms with Crippen molar-refractivity contribution in [3.63, 3.8) is 0 Å². The number of allylic oxidation sites excluding steroid dienone is 4. The lowest BCUT2D eigenvalue weighted by Crippen LogP contribution is -2.40. The first-order valence-corrected chi connectivity index (χ1v) is 35.7. The van der Waals surface area contributed by atoms with Crippen molar-refractivity contribution in [3.8, 4) is 0 Å². The lowest BCUT2D eigenvalue weighted by Gasteiger charge is -2.27. The van der Waals surface area contributed by atoms with E-state index in [1.165, 1.54) is 16.7 Å². The summed E-state index contributed by atoms with van der Waals surface area (Å²) in [6.45, 7) is 57.1. The molecular formula is C84H116N4O8. The Morgan fingerprint density at radius 2 is 0.667 bits per heavy atom. The Morgan fingerprint density at radius 3 is 1.08 bits per heavy atom. The standard InChI is InChI=1S/4C19H23NO2.4C2H6/c1-11-5-8-14(18(22)20-11)16-9-12-6-7-13(19(2,3)4)10-15(12)17(16)21;1-11-5-7-15(18(22)20-11)16-10-12-9-13(19(2,3)4)6-8-14(12)17(16)21;1-11-8-9-13(18(22)20-11)15-10-14-12(17(15)21)6-5-7-16(14)19(2,3)4;1-11-8-9-13(18(22)20-11)14-10-12-6-5-7-15(19(2,3)4)16(12)17(14)21;4*1-2/h6-7,10,14,16H,1,5,8-9H2,2-4H3,(H,20,22);6,8-9,15-16H,1,5,7,10H2,2-4H3,(H,20,22);5-7,13,15H,1,8-10H2,2-4H3,(H,20,22);5-7,13-14H,1,8-10H2,2-4H3,(H,20,22);4*1-2H3. The highest BCUT2D eigenvalue weighted by Gasteiger charge is 2.46. The molecule has 4 aliphatic heterocycles. The van der Waals surface area contributed by atoms with E-state index in [1.54, 1.807) is 0 Å². The van der Waals surface area contributed by atoms with Crippen molar-refractivity contribution in [2.24, 2.45) is 47.3 Å². The topological polar surface area (TPSA) is 185 Å². The minimum absolute atomic E-state index is 0.00359. The van der Waals surface area contributed by atoms with Crippen LogP contribution in [0.3, 0.4) is 0 Å². The fourth-order valence-electron chi connectivity index (χ4n) is 14.4. The molecule has 4 fully saturated rings. The molecule has 8 atom stereocenters. The zero-order chi connectivity index (χ0) is 72.3. The number of nitrogens with one attached hydrogen (secondary N) is 4. The van der Waals surface area contributed by atoms with Crippen LogP contribution in [-0.4, -0.2) is 46.8 Å². The Balaban J connectivity index is 0.000000223. The Kier molecular flexibility index (Phi) is 27.3. The van der Waals surface area contributed by atoms with E-state index >= 15 is 0 Å². The molecule has 4 heterocycles. The van der Waals surface area contributed by atoms with E-state index in [-0.39, 0.29) is 116 Å². The van der Waals surface area contributed by atoms with E-state index < -0.39 is 0 Å². The monoisotopic (exact) mass is 1310 g/mol. The van der Waals surface area contributed by atoms with Crippen molar-refractivity contribution in [3.05, 3.63) is 189 Å². The van der Waals surface area contributed by atoms with Gasteiger partial charge in [0, 0.05) is 92.4 Å². The summed E-state index contributed by atoms with van der Waals surface area (Å²) >= 11 is 0. The van der Waals surface area contributed by atoms with Crippen molar-refractivity contribution in [2.75, 3.05) is 0 Å². The number of fused-ring (bicyclic) bond motifs is 4. The molecule has 4 aliphatic carbocycles. The van der Waals surface area contributed by atoms with Crippen LogP contribution in [0.2, 0.25) is 0 Å². The summed E-state index contributed by atoms with van der Waals surface area (Å²) in [7, 11) is 0. The van der Waals surface area contributed by atoms with Crippen LogP contribution in [0.15, 0.2) is 122 Å². The van der Waals surface area contributed by atoms with Gasteiger partial charge in [-0.05, 0) is 149 Å². The number of Topliss-reactive ketones (excluding diaryl/α,β-unsaturated/α-hetero) is 4. The van der Waals surface area contributed by atoms with Crippen molar-refractivity contribution in [1.29, 1.82) is 0 Å². The summed E-state index contributed by atoms with van der Waals surface area (Å²) in [5, 5.41) is 11.2.